The second-order valence-corrected chi connectivity index (χ2v) is 6.36. The lowest BCUT2D eigenvalue weighted by Crippen LogP contribution is -2.00. The van der Waals surface area contributed by atoms with Gasteiger partial charge in [-0.15, -0.1) is 11.8 Å². The van der Waals surface area contributed by atoms with Crippen molar-refractivity contribution in [1.82, 2.24) is 0 Å². The fraction of sp³-hybridized carbons (Fsp3) is 0.500. The Morgan fingerprint density at radius 1 is 1.18 bits per heavy atom. The molecule has 1 aromatic carbocycles. The van der Waals surface area contributed by atoms with Crippen LogP contribution < -0.4 is 0 Å². The lowest BCUT2D eigenvalue weighted by Gasteiger charge is -2.15. The van der Waals surface area contributed by atoms with Crippen molar-refractivity contribution < 1.29 is 0 Å². The molecule has 0 radical (unpaired) electrons. The zero-order valence-corrected chi connectivity index (χ0v) is 12.7. The highest BCUT2D eigenvalue weighted by Crippen LogP contribution is 2.28. The summed E-state index contributed by atoms with van der Waals surface area (Å²) in [5.74, 6) is 1.79. The van der Waals surface area contributed by atoms with Gasteiger partial charge in [-0.2, -0.15) is 0 Å². The van der Waals surface area contributed by atoms with E-state index >= 15 is 0 Å². The number of thioether (sulfide) groups is 1. The van der Waals surface area contributed by atoms with E-state index in [0.29, 0.717) is 5.92 Å². The van der Waals surface area contributed by atoms with E-state index in [0.717, 1.165) is 0 Å². The molecule has 0 heterocycles. The van der Waals surface area contributed by atoms with Crippen molar-refractivity contribution in [2.75, 3.05) is 5.75 Å². The van der Waals surface area contributed by atoms with Gasteiger partial charge in [0.05, 0.1) is 0 Å². The molecule has 1 heteroatoms. The number of aryl methyl sites for hydroxylation is 2. The van der Waals surface area contributed by atoms with Crippen LogP contribution in [-0.2, 0) is 0 Å². The summed E-state index contributed by atoms with van der Waals surface area (Å²) in [7, 11) is 0. The van der Waals surface area contributed by atoms with E-state index in [1.807, 2.05) is 11.8 Å². The zero-order valence-electron chi connectivity index (χ0n) is 11.9. The monoisotopic (exact) mass is 248 g/mol. The molecule has 94 valence electrons. The molecule has 0 saturated carbocycles. The first-order chi connectivity index (χ1) is 7.91. The van der Waals surface area contributed by atoms with Gasteiger partial charge in [0, 0.05) is 5.75 Å². The van der Waals surface area contributed by atoms with Gasteiger partial charge in [-0.25, -0.2) is 0 Å². The SMILES string of the molecule is CC(C)=C(C)SCC(C)c1ccc(C)cc1C. The van der Waals surface area contributed by atoms with E-state index in [1.54, 1.807) is 0 Å². The van der Waals surface area contributed by atoms with Crippen LogP contribution in [0.15, 0.2) is 28.7 Å². The second kappa shape index (κ2) is 6.30. The van der Waals surface area contributed by atoms with Crippen molar-refractivity contribution in [3.8, 4) is 0 Å². The molecule has 0 amide bonds. The highest BCUT2D eigenvalue weighted by molar-refractivity contribution is 8.03. The molecular formula is C16H24S. The molecule has 1 unspecified atom stereocenters. The van der Waals surface area contributed by atoms with Crippen molar-refractivity contribution in [3.05, 3.63) is 45.4 Å². The number of allylic oxidation sites excluding steroid dienone is 2. The van der Waals surface area contributed by atoms with E-state index in [-0.39, 0.29) is 0 Å². The summed E-state index contributed by atoms with van der Waals surface area (Å²) in [6, 6.07) is 6.79. The quantitative estimate of drug-likeness (QED) is 0.682. The maximum Gasteiger partial charge on any atom is 0.00431 e. The Kier molecular flexibility index (Phi) is 5.32. The van der Waals surface area contributed by atoms with Gasteiger partial charge < -0.3 is 0 Å². The summed E-state index contributed by atoms with van der Waals surface area (Å²) < 4.78 is 0. The van der Waals surface area contributed by atoms with E-state index in [4.69, 9.17) is 0 Å². The van der Waals surface area contributed by atoms with Gasteiger partial charge in [-0.05, 0) is 56.6 Å². The number of rotatable bonds is 4. The Morgan fingerprint density at radius 3 is 2.35 bits per heavy atom. The summed E-state index contributed by atoms with van der Waals surface area (Å²) in [4.78, 5) is 1.46. The highest BCUT2D eigenvalue weighted by atomic mass is 32.2. The maximum atomic E-state index is 2.32. The minimum absolute atomic E-state index is 0.620. The van der Waals surface area contributed by atoms with Gasteiger partial charge in [-0.1, -0.05) is 36.3 Å². The lowest BCUT2D eigenvalue weighted by molar-refractivity contribution is 0.870. The third-order valence-corrected chi connectivity index (χ3v) is 4.72. The Balaban J connectivity index is 2.70. The standard InChI is InChI=1S/C16H24S/c1-11(2)15(6)17-10-14(5)16-8-7-12(3)9-13(16)4/h7-9,14H,10H2,1-6H3. The smallest absolute Gasteiger partial charge is 0.00431 e. The number of benzene rings is 1. The van der Waals surface area contributed by atoms with Crippen molar-refractivity contribution >= 4 is 11.8 Å². The molecule has 0 aliphatic heterocycles. The highest BCUT2D eigenvalue weighted by Gasteiger charge is 2.09. The van der Waals surface area contributed by atoms with Crippen molar-refractivity contribution in [2.24, 2.45) is 0 Å². The Labute approximate surface area is 111 Å². The molecule has 0 saturated heterocycles. The van der Waals surface area contributed by atoms with Crippen LogP contribution in [0.3, 0.4) is 0 Å². The first kappa shape index (κ1) is 14.4. The van der Waals surface area contributed by atoms with Crippen molar-refractivity contribution in [2.45, 2.75) is 47.5 Å². The fourth-order valence-electron chi connectivity index (χ4n) is 1.86. The molecular weight excluding hydrogens is 224 g/mol. The Morgan fingerprint density at radius 2 is 1.82 bits per heavy atom. The summed E-state index contributed by atoms with van der Waals surface area (Å²) >= 11 is 1.98. The van der Waals surface area contributed by atoms with Gasteiger partial charge in [0.2, 0.25) is 0 Å². The van der Waals surface area contributed by atoms with Gasteiger partial charge in [-0.3, -0.25) is 0 Å². The van der Waals surface area contributed by atoms with Gasteiger partial charge in [0.25, 0.3) is 0 Å². The molecule has 1 rings (SSSR count). The van der Waals surface area contributed by atoms with Crippen LogP contribution in [-0.4, -0.2) is 5.75 Å². The summed E-state index contributed by atoms with van der Waals surface area (Å²) in [5.41, 5.74) is 5.70. The van der Waals surface area contributed by atoms with Crippen molar-refractivity contribution in [3.63, 3.8) is 0 Å². The average molecular weight is 248 g/mol. The largest absolute Gasteiger partial charge is 0.130 e. The average Bonchev–Trinajstić information content (AvgIpc) is 2.25. The molecule has 0 fully saturated rings. The number of hydrogen-bond acceptors (Lipinski definition) is 1. The second-order valence-electron chi connectivity index (χ2n) is 5.13. The summed E-state index contributed by atoms with van der Waals surface area (Å²) in [6.45, 7) is 13.3. The van der Waals surface area contributed by atoms with Crippen LogP contribution >= 0.6 is 11.8 Å². The fourth-order valence-corrected chi connectivity index (χ4v) is 2.83. The third-order valence-electron chi connectivity index (χ3n) is 3.21. The van der Waals surface area contributed by atoms with Crippen LogP contribution in [0.5, 0.6) is 0 Å². The van der Waals surface area contributed by atoms with Crippen LogP contribution in [0.2, 0.25) is 0 Å². The number of hydrogen-bond donors (Lipinski definition) is 0. The lowest BCUT2D eigenvalue weighted by atomic mass is 9.96. The van der Waals surface area contributed by atoms with Gasteiger partial charge in [0.15, 0.2) is 0 Å². The van der Waals surface area contributed by atoms with Crippen LogP contribution in [0, 0.1) is 13.8 Å². The van der Waals surface area contributed by atoms with Crippen LogP contribution in [0.25, 0.3) is 0 Å². The molecule has 0 aliphatic carbocycles. The minimum atomic E-state index is 0.620. The van der Waals surface area contributed by atoms with E-state index in [1.165, 1.54) is 32.9 Å². The van der Waals surface area contributed by atoms with E-state index in [9.17, 15) is 0 Å². The van der Waals surface area contributed by atoms with E-state index in [2.05, 4.69) is 59.7 Å². The summed E-state index contributed by atoms with van der Waals surface area (Å²) in [5, 5.41) is 0. The van der Waals surface area contributed by atoms with Crippen LogP contribution in [0.1, 0.15) is 50.3 Å². The molecule has 17 heavy (non-hydrogen) atoms. The normalized spacial score (nSPS) is 12.4. The first-order valence-corrected chi connectivity index (χ1v) is 7.24. The van der Waals surface area contributed by atoms with Gasteiger partial charge >= 0.3 is 0 Å². The van der Waals surface area contributed by atoms with E-state index < -0.39 is 0 Å². The van der Waals surface area contributed by atoms with Crippen molar-refractivity contribution in [1.29, 1.82) is 0 Å². The molecule has 0 aliphatic rings. The third kappa shape index (κ3) is 4.23. The zero-order chi connectivity index (χ0) is 13.0. The molecule has 0 spiro atoms. The molecule has 1 atom stereocenters. The Bertz CT molecular complexity index is 412. The minimum Gasteiger partial charge on any atom is -0.130 e. The predicted octanol–water partition coefficient (Wildman–Crippen LogP) is 5.45. The first-order valence-electron chi connectivity index (χ1n) is 6.26. The van der Waals surface area contributed by atoms with Crippen LogP contribution in [0.4, 0.5) is 0 Å². The molecule has 0 bridgehead atoms. The predicted molar refractivity (Wildman–Crippen MR) is 80.8 cm³/mol. The molecule has 0 aromatic heterocycles. The topological polar surface area (TPSA) is 0 Å². The maximum absolute atomic E-state index is 2.32. The Hall–Kier alpha value is -0.690. The molecule has 0 N–H and O–H groups in total. The molecule has 1 aromatic rings. The molecule has 0 nitrogen and oxygen atoms in total. The van der Waals surface area contributed by atoms with Gasteiger partial charge in [0.1, 0.15) is 0 Å². The summed E-state index contributed by atoms with van der Waals surface area (Å²) in [6.07, 6.45) is 0.